The highest BCUT2D eigenvalue weighted by Gasteiger charge is 2.46. The van der Waals surface area contributed by atoms with Gasteiger partial charge in [0.2, 0.25) is 0 Å². The number of rotatable bonds is 7. The summed E-state index contributed by atoms with van der Waals surface area (Å²) in [6.45, 7) is 7.87. The highest BCUT2D eigenvalue weighted by Crippen LogP contribution is 2.39. The number of carbonyl (C=O) groups is 1. The van der Waals surface area contributed by atoms with E-state index in [9.17, 15) is 14.7 Å². The molecule has 8 rings (SSSR count). The van der Waals surface area contributed by atoms with Gasteiger partial charge in [-0.05, 0) is 87.1 Å². The van der Waals surface area contributed by atoms with Crippen molar-refractivity contribution in [2.75, 3.05) is 47.9 Å². The number of aryl methyl sites for hydroxylation is 2. The van der Waals surface area contributed by atoms with Gasteiger partial charge in [-0.15, -0.1) is 0 Å². The number of ether oxygens (including phenoxy) is 1. The summed E-state index contributed by atoms with van der Waals surface area (Å²) in [6, 6.07) is 10.5. The summed E-state index contributed by atoms with van der Waals surface area (Å²) < 4.78 is 24.9. The average Bonchev–Trinajstić information content (AvgIpc) is 3.49. The van der Waals surface area contributed by atoms with Crippen LogP contribution in [-0.2, 0) is 37.8 Å². The maximum atomic E-state index is 15.5. The number of anilines is 4. The molecule has 0 bridgehead atoms. The Labute approximate surface area is 290 Å². The Morgan fingerprint density at radius 3 is 2.72 bits per heavy atom. The third-order valence-corrected chi connectivity index (χ3v) is 11.2. The van der Waals surface area contributed by atoms with Crippen molar-refractivity contribution >= 4 is 28.8 Å². The van der Waals surface area contributed by atoms with E-state index in [2.05, 4.69) is 38.9 Å². The Morgan fingerprint density at radius 1 is 1.10 bits per heavy atom. The van der Waals surface area contributed by atoms with E-state index in [4.69, 9.17) is 4.74 Å². The van der Waals surface area contributed by atoms with E-state index in [-0.39, 0.29) is 28.8 Å². The highest BCUT2D eigenvalue weighted by atomic mass is 19.1. The van der Waals surface area contributed by atoms with Gasteiger partial charge in [-0.25, -0.2) is 9.37 Å². The van der Waals surface area contributed by atoms with Gasteiger partial charge in [0.05, 0.1) is 30.2 Å². The van der Waals surface area contributed by atoms with Crippen molar-refractivity contribution in [1.82, 2.24) is 19.4 Å². The van der Waals surface area contributed by atoms with Crippen LogP contribution < -0.4 is 26.0 Å². The van der Waals surface area contributed by atoms with Gasteiger partial charge in [0.25, 0.3) is 11.5 Å². The molecule has 4 aromatic rings. The Morgan fingerprint density at radius 2 is 1.94 bits per heavy atom. The highest BCUT2D eigenvalue weighted by molar-refractivity contribution is 6.07. The minimum Gasteiger partial charge on any atom is -0.392 e. The number of benzene rings is 1. The SMILES string of the molecule is Cn1cc(-c2cc(F)cc(N3CCn4c(cc5c4CCCC5)C3=O)c2CO)cc(Nc2ncccc2N2CCNC(C3COC3(C)C)C2)c1=O. The van der Waals surface area contributed by atoms with Gasteiger partial charge in [-0.3, -0.25) is 9.59 Å². The van der Waals surface area contributed by atoms with Crippen LogP contribution in [0.5, 0.6) is 0 Å². The first-order valence-corrected chi connectivity index (χ1v) is 17.6. The van der Waals surface area contributed by atoms with E-state index < -0.39 is 12.4 Å². The number of aromatic nitrogens is 3. The van der Waals surface area contributed by atoms with Crippen LogP contribution in [-0.4, -0.2) is 69.6 Å². The number of amides is 1. The molecule has 0 spiro atoms. The minimum absolute atomic E-state index is 0.181. The second kappa shape index (κ2) is 12.7. The number of aliphatic hydroxyl groups is 1. The number of aliphatic hydroxyl groups excluding tert-OH is 1. The minimum atomic E-state index is -0.538. The molecule has 0 saturated carbocycles. The molecule has 2 atom stereocenters. The van der Waals surface area contributed by atoms with Gasteiger partial charge < -0.3 is 39.4 Å². The molecule has 3 aromatic heterocycles. The van der Waals surface area contributed by atoms with Gasteiger partial charge in [0.15, 0.2) is 5.82 Å². The molecule has 3 aliphatic heterocycles. The van der Waals surface area contributed by atoms with Crippen molar-refractivity contribution in [2.24, 2.45) is 13.0 Å². The molecule has 2 unspecified atom stereocenters. The zero-order valence-corrected chi connectivity index (χ0v) is 28.8. The first-order valence-electron chi connectivity index (χ1n) is 17.6. The number of nitrogens with zero attached hydrogens (tertiary/aromatic N) is 5. The predicted molar refractivity (Wildman–Crippen MR) is 191 cm³/mol. The second-order valence-electron chi connectivity index (χ2n) is 14.5. The van der Waals surface area contributed by atoms with E-state index >= 15 is 4.39 Å². The van der Waals surface area contributed by atoms with Gasteiger partial charge in [0.1, 0.15) is 17.2 Å². The molecule has 1 aliphatic carbocycles. The van der Waals surface area contributed by atoms with E-state index in [1.165, 1.54) is 28.0 Å². The lowest BCUT2D eigenvalue weighted by Crippen LogP contribution is -2.64. The van der Waals surface area contributed by atoms with Gasteiger partial charge in [0, 0.05) is 80.9 Å². The monoisotopic (exact) mass is 681 g/mol. The van der Waals surface area contributed by atoms with Crippen LogP contribution in [0.15, 0.2) is 53.6 Å². The van der Waals surface area contributed by atoms with Crippen molar-refractivity contribution in [2.45, 2.75) is 64.3 Å². The fourth-order valence-corrected chi connectivity index (χ4v) is 8.36. The number of nitrogens with one attached hydrogen (secondary N) is 2. The fraction of sp³-hybridized carbons (Fsp3) is 0.447. The van der Waals surface area contributed by atoms with E-state index in [0.717, 1.165) is 57.6 Å². The lowest BCUT2D eigenvalue weighted by Gasteiger charge is -2.51. The van der Waals surface area contributed by atoms with Crippen LogP contribution >= 0.6 is 0 Å². The Balaban J connectivity index is 1.12. The molecular formula is C38H44FN7O4. The molecule has 2 fully saturated rings. The second-order valence-corrected chi connectivity index (χ2v) is 14.5. The summed E-state index contributed by atoms with van der Waals surface area (Å²) in [5.41, 5.74) is 5.42. The Kier molecular flexibility index (Phi) is 8.28. The molecule has 1 aromatic carbocycles. The number of halogens is 1. The van der Waals surface area contributed by atoms with E-state index in [0.29, 0.717) is 52.9 Å². The lowest BCUT2D eigenvalue weighted by molar-refractivity contribution is -0.191. The van der Waals surface area contributed by atoms with Gasteiger partial charge in [-0.1, -0.05) is 0 Å². The van der Waals surface area contributed by atoms with Gasteiger partial charge in [-0.2, -0.15) is 0 Å². The number of hydrogen-bond donors (Lipinski definition) is 3. The van der Waals surface area contributed by atoms with Crippen LogP contribution in [0.4, 0.5) is 27.3 Å². The van der Waals surface area contributed by atoms with Crippen molar-refractivity contribution < 1.29 is 19.0 Å². The summed E-state index contributed by atoms with van der Waals surface area (Å²) in [5, 5.41) is 17.7. The zero-order chi connectivity index (χ0) is 34.7. The van der Waals surface area contributed by atoms with Crippen molar-refractivity contribution in [3.05, 3.63) is 87.5 Å². The molecule has 1 amide bonds. The molecule has 2 saturated heterocycles. The molecule has 262 valence electrons. The third kappa shape index (κ3) is 5.59. The molecule has 3 N–H and O–H groups in total. The van der Waals surface area contributed by atoms with E-state index in [1.54, 1.807) is 30.4 Å². The zero-order valence-electron chi connectivity index (χ0n) is 28.8. The van der Waals surface area contributed by atoms with Crippen molar-refractivity contribution in [1.29, 1.82) is 0 Å². The molecule has 4 aliphatic rings. The van der Waals surface area contributed by atoms with E-state index in [1.807, 2.05) is 18.2 Å². The normalized spacial score (nSPS) is 21.4. The smallest absolute Gasteiger partial charge is 0.274 e. The third-order valence-electron chi connectivity index (χ3n) is 11.2. The van der Waals surface area contributed by atoms with Gasteiger partial charge >= 0.3 is 0 Å². The molecule has 6 heterocycles. The lowest BCUT2D eigenvalue weighted by atomic mass is 9.79. The summed E-state index contributed by atoms with van der Waals surface area (Å²) in [7, 11) is 1.64. The van der Waals surface area contributed by atoms with Crippen LogP contribution in [0.25, 0.3) is 11.1 Å². The molecular weight excluding hydrogens is 637 g/mol. The number of pyridine rings is 2. The molecule has 12 heteroatoms. The fourth-order valence-electron chi connectivity index (χ4n) is 8.36. The Hall–Kier alpha value is -4.52. The maximum absolute atomic E-state index is 15.5. The standard InChI is InChI=1S/C38H44FN7O4/c1-38(2)28(22-50-38)30-20-44(12-11-40-30)32-9-6-10-41-35(32)42-29-15-24(19-43(3)36(29)48)26-17-25(39)18-33(27(26)21-47)46-14-13-45-31-8-5-4-7-23(31)16-34(45)37(46)49/h6,9-10,15-19,28,30,40,47H,4-5,7-8,11-14,20-22H2,1-3H3,(H,41,42). The molecule has 11 nitrogen and oxygen atoms in total. The summed E-state index contributed by atoms with van der Waals surface area (Å²) >= 11 is 0. The maximum Gasteiger partial charge on any atom is 0.274 e. The average molecular weight is 682 g/mol. The predicted octanol–water partition coefficient (Wildman–Crippen LogP) is 4.37. The van der Waals surface area contributed by atoms with Crippen LogP contribution in [0.2, 0.25) is 0 Å². The summed E-state index contributed by atoms with van der Waals surface area (Å²) in [5.74, 6) is 0.184. The summed E-state index contributed by atoms with van der Waals surface area (Å²) in [6.07, 6.45) is 7.46. The number of piperazine rings is 1. The number of hydrogen-bond acceptors (Lipinski definition) is 8. The Bertz CT molecular complexity index is 2040. The largest absolute Gasteiger partial charge is 0.392 e. The van der Waals surface area contributed by atoms with Crippen LogP contribution in [0.3, 0.4) is 0 Å². The topological polar surface area (TPSA) is 117 Å². The number of carbonyl (C=O) groups excluding carboxylic acids is 1. The van der Waals surface area contributed by atoms with Crippen molar-refractivity contribution in [3.63, 3.8) is 0 Å². The first-order chi connectivity index (χ1) is 24.1. The summed E-state index contributed by atoms with van der Waals surface area (Å²) in [4.78, 5) is 36.0. The number of fused-ring (bicyclic) bond motifs is 3. The van der Waals surface area contributed by atoms with Crippen molar-refractivity contribution in [3.8, 4) is 11.1 Å². The molecule has 50 heavy (non-hydrogen) atoms. The first kappa shape index (κ1) is 32.7. The van der Waals surface area contributed by atoms with Crippen LogP contribution in [0, 0.1) is 11.7 Å². The van der Waals surface area contributed by atoms with Crippen LogP contribution in [0.1, 0.15) is 54.0 Å². The quantitative estimate of drug-likeness (QED) is 0.264. The molecule has 0 radical (unpaired) electrons.